The number of rotatable bonds is 9. The first-order valence-corrected chi connectivity index (χ1v) is 16.9. The summed E-state index contributed by atoms with van der Waals surface area (Å²) < 4.78 is 9.84. The summed E-state index contributed by atoms with van der Waals surface area (Å²) in [6.45, 7) is 5.95. The Kier molecular flexibility index (Phi) is 12.6. The minimum atomic E-state index is -0.397. The lowest BCUT2D eigenvalue weighted by molar-refractivity contribution is 0.0517. The van der Waals surface area contributed by atoms with Crippen LogP contribution in [0.1, 0.15) is 62.7 Å². The molecule has 13 nitrogen and oxygen atoms in total. The summed E-state index contributed by atoms with van der Waals surface area (Å²) in [5.74, 6) is 0.0361. The standard InChI is InChI=1S/C21H20N4O3.C19H18N2O4/c1-3-28-20(26)15-7-9-17(10-8-15)24-21(27)25-18-6-4-5-16(13-18)19-11-12-22-14(2)23-19;1-2-25-18(23)12-3-6-14(7-4-12)20-19(24)21-15-8-9-16-13(11-15)5-10-17(16)22/h4-13H,3H2,1-2H3,(H2,24,25,27);3-4,6-9,11H,2,5,10H2,1H3,(H2,20,21,24). The molecule has 6 rings (SSSR count). The Balaban J connectivity index is 0.000000206. The summed E-state index contributed by atoms with van der Waals surface area (Å²) in [7, 11) is 0. The average molecular weight is 715 g/mol. The number of hydrogen-bond acceptors (Lipinski definition) is 9. The molecule has 4 N–H and O–H groups in total. The molecular weight excluding hydrogens is 676 g/mol. The van der Waals surface area contributed by atoms with E-state index in [1.165, 1.54) is 0 Å². The Labute approximate surface area is 306 Å². The molecule has 0 bridgehead atoms. The van der Waals surface area contributed by atoms with E-state index < -0.39 is 18.0 Å². The monoisotopic (exact) mass is 714 g/mol. The quantitative estimate of drug-likeness (QED) is 0.110. The molecule has 270 valence electrons. The number of benzene rings is 4. The molecule has 13 heteroatoms. The number of aromatic nitrogens is 2. The van der Waals surface area contributed by atoms with E-state index in [1.54, 1.807) is 86.8 Å². The third kappa shape index (κ3) is 10.6. The van der Waals surface area contributed by atoms with Crippen molar-refractivity contribution in [1.29, 1.82) is 0 Å². The van der Waals surface area contributed by atoms with Crippen LogP contribution < -0.4 is 21.3 Å². The maximum Gasteiger partial charge on any atom is 0.338 e. The van der Waals surface area contributed by atoms with Gasteiger partial charge in [-0.15, -0.1) is 0 Å². The van der Waals surface area contributed by atoms with Crippen molar-refractivity contribution in [2.75, 3.05) is 34.5 Å². The van der Waals surface area contributed by atoms with Gasteiger partial charge in [-0.1, -0.05) is 12.1 Å². The first-order valence-electron chi connectivity index (χ1n) is 16.9. The second-order valence-electron chi connectivity index (χ2n) is 11.6. The lowest BCUT2D eigenvalue weighted by Gasteiger charge is -2.10. The van der Waals surface area contributed by atoms with Crippen LogP contribution in [0, 0.1) is 6.92 Å². The summed E-state index contributed by atoms with van der Waals surface area (Å²) in [6, 6.07) is 26.6. The van der Waals surface area contributed by atoms with E-state index in [1.807, 2.05) is 37.3 Å². The van der Waals surface area contributed by atoms with Gasteiger partial charge in [-0.3, -0.25) is 4.79 Å². The predicted molar refractivity (Wildman–Crippen MR) is 201 cm³/mol. The molecule has 0 atom stereocenters. The van der Waals surface area contributed by atoms with E-state index in [0.29, 0.717) is 65.8 Å². The summed E-state index contributed by atoms with van der Waals surface area (Å²) in [4.78, 5) is 67.7. The Morgan fingerprint density at radius 2 is 1.17 bits per heavy atom. The highest BCUT2D eigenvalue weighted by Gasteiger charge is 2.19. The van der Waals surface area contributed by atoms with Gasteiger partial charge in [-0.25, -0.2) is 29.1 Å². The number of Topliss-reactive ketones (excluding diaryl/α,β-unsaturated/α-hetero) is 1. The highest BCUT2D eigenvalue weighted by Crippen LogP contribution is 2.25. The number of carbonyl (C=O) groups excluding carboxylic acids is 5. The normalized spacial score (nSPS) is 11.3. The molecular formula is C40H38N6O7. The smallest absolute Gasteiger partial charge is 0.338 e. The molecule has 53 heavy (non-hydrogen) atoms. The number of esters is 2. The highest BCUT2D eigenvalue weighted by molar-refractivity contribution is 6.03. The number of carbonyl (C=O) groups is 5. The molecule has 0 fully saturated rings. The number of anilines is 4. The molecule has 0 unspecified atom stereocenters. The van der Waals surface area contributed by atoms with Crippen LogP contribution in [0.5, 0.6) is 0 Å². The topological polar surface area (TPSA) is 178 Å². The Hall–Kier alpha value is -6.89. The van der Waals surface area contributed by atoms with Gasteiger partial charge in [-0.05, 0) is 118 Å². The van der Waals surface area contributed by atoms with E-state index >= 15 is 0 Å². The van der Waals surface area contributed by atoms with Gasteiger partial charge in [0, 0.05) is 46.5 Å². The Bertz CT molecular complexity index is 2120. The minimum Gasteiger partial charge on any atom is -0.462 e. The first kappa shape index (κ1) is 37.4. The third-order valence-corrected chi connectivity index (χ3v) is 7.78. The van der Waals surface area contributed by atoms with E-state index in [-0.39, 0.29) is 11.8 Å². The number of aryl methyl sites for hydroxylation is 2. The molecule has 0 spiro atoms. The first-order chi connectivity index (χ1) is 25.6. The van der Waals surface area contributed by atoms with Crippen LogP contribution in [0.4, 0.5) is 32.3 Å². The number of nitrogens with zero attached hydrogens (tertiary/aromatic N) is 2. The highest BCUT2D eigenvalue weighted by atomic mass is 16.5. The largest absolute Gasteiger partial charge is 0.462 e. The second-order valence-corrected chi connectivity index (χ2v) is 11.6. The number of urea groups is 2. The van der Waals surface area contributed by atoms with Gasteiger partial charge in [0.05, 0.1) is 30.0 Å². The van der Waals surface area contributed by atoms with Crippen LogP contribution in [0.2, 0.25) is 0 Å². The zero-order valence-corrected chi connectivity index (χ0v) is 29.4. The van der Waals surface area contributed by atoms with Crippen LogP contribution in [-0.2, 0) is 15.9 Å². The van der Waals surface area contributed by atoms with Crippen LogP contribution in [0.25, 0.3) is 11.3 Å². The zero-order valence-electron chi connectivity index (χ0n) is 29.4. The summed E-state index contributed by atoms with van der Waals surface area (Å²) in [6.07, 6.45) is 2.93. The number of ketones is 1. The number of fused-ring (bicyclic) bond motifs is 1. The van der Waals surface area contributed by atoms with E-state index in [9.17, 15) is 24.0 Å². The Morgan fingerprint density at radius 1 is 0.642 bits per heavy atom. The van der Waals surface area contributed by atoms with Crippen molar-refractivity contribution >= 4 is 52.5 Å². The molecule has 0 radical (unpaired) electrons. The van der Waals surface area contributed by atoms with Gasteiger partial charge in [0.1, 0.15) is 5.82 Å². The summed E-state index contributed by atoms with van der Waals surface area (Å²) >= 11 is 0. The fourth-order valence-corrected chi connectivity index (χ4v) is 5.30. The van der Waals surface area contributed by atoms with Crippen LogP contribution in [-0.4, -0.2) is 53.0 Å². The van der Waals surface area contributed by atoms with Crippen LogP contribution in [0.15, 0.2) is 103 Å². The molecule has 1 aromatic heterocycles. The number of ether oxygens (including phenoxy) is 2. The molecule has 4 amide bonds. The van der Waals surface area contributed by atoms with Crippen molar-refractivity contribution in [3.8, 4) is 11.3 Å². The van der Waals surface area contributed by atoms with Gasteiger partial charge in [-0.2, -0.15) is 0 Å². The van der Waals surface area contributed by atoms with E-state index in [2.05, 4.69) is 31.2 Å². The van der Waals surface area contributed by atoms with Gasteiger partial charge in [0.2, 0.25) is 0 Å². The van der Waals surface area contributed by atoms with Crippen LogP contribution >= 0.6 is 0 Å². The SMILES string of the molecule is CCOC(=O)c1ccc(NC(=O)Nc2ccc3c(c2)CCC3=O)cc1.CCOC(=O)c1ccc(NC(=O)Nc2cccc(-c3ccnc(C)n3)c2)cc1. The third-order valence-electron chi connectivity index (χ3n) is 7.78. The molecule has 1 heterocycles. The molecule has 4 aromatic carbocycles. The maximum absolute atomic E-state index is 12.3. The molecule has 5 aromatic rings. The van der Waals surface area contributed by atoms with Gasteiger partial charge < -0.3 is 30.7 Å². The molecule has 0 saturated heterocycles. The maximum atomic E-state index is 12.3. The number of amides is 4. The predicted octanol–water partition coefficient (Wildman–Crippen LogP) is 7.91. The summed E-state index contributed by atoms with van der Waals surface area (Å²) in [5.41, 5.74) is 6.60. The molecule has 0 aliphatic heterocycles. The minimum absolute atomic E-state index is 0.146. The van der Waals surface area contributed by atoms with Gasteiger partial charge >= 0.3 is 24.0 Å². The van der Waals surface area contributed by atoms with Crippen molar-refractivity contribution in [3.63, 3.8) is 0 Å². The summed E-state index contributed by atoms with van der Waals surface area (Å²) in [5, 5.41) is 11.0. The van der Waals surface area contributed by atoms with E-state index in [0.717, 1.165) is 22.4 Å². The number of hydrogen-bond donors (Lipinski definition) is 4. The van der Waals surface area contributed by atoms with Gasteiger partial charge in [0.15, 0.2) is 5.78 Å². The average Bonchev–Trinajstić information content (AvgIpc) is 3.52. The second kappa shape index (κ2) is 17.9. The number of nitrogens with one attached hydrogen (secondary N) is 4. The lowest BCUT2D eigenvalue weighted by atomic mass is 10.1. The molecule has 1 aliphatic carbocycles. The fourth-order valence-electron chi connectivity index (χ4n) is 5.30. The Morgan fingerprint density at radius 3 is 1.72 bits per heavy atom. The van der Waals surface area contributed by atoms with Crippen molar-refractivity contribution in [3.05, 3.63) is 131 Å². The zero-order chi connectivity index (χ0) is 37.7. The van der Waals surface area contributed by atoms with Crippen LogP contribution in [0.3, 0.4) is 0 Å². The molecule has 1 aliphatic rings. The lowest BCUT2D eigenvalue weighted by Crippen LogP contribution is -2.19. The van der Waals surface area contributed by atoms with Crippen molar-refractivity contribution in [2.45, 2.75) is 33.6 Å². The van der Waals surface area contributed by atoms with E-state index in [4.69, 9.17) is 9.47 Å². The molecule has 0 saturated carbocycles. The van der Waals surface area contributed by atoms with Gasteiger partial charge in [0.25, 0.3) is 0 Å². The van der Waals surface area contributed by atoms with Crippen molar-refractivity contribution in [2.24, 2.45) is 0 Å². The van der Waals surface area contributed by atoms with Crippen molar-refractivity contribution < 1.29 is 33.4 Å². The van der Waals surface area contributed by atoms with Crippen molar-refractivity contribution in [1.82, 2.24) is 9.97 Å². The fraction of sp³-hybridized carbons (Fsp3) is 0.175.